The maximum atomic E-state index is 13.8. The minimum Gasteiger partial charge on any atom is -0.480 e. The SMILES string of the molecule is O=C(O)CN1CCC2(CC1)C(=O)N(c1ccc(-c3ccccc3)cc1)C(=O)N2c1cncnc1. The molecule has 34 heavy (non-hydrogen) atoms. The Bertz CT molecular complexity index is 1210. The van der Waals surface area contributed by atoms with Gasteiger partial charge < -0.3 is 5.11 Å². The van der Waals surface area contributed by atoms with Crippen LogP contribution in [0, 0.1) is 0 Å². The highest BCUT2D eigenvalue weighted by Gasteiger charge is 2.59. The fraction of sp³-hybridized carbons (Fsp3) is 0.240. The van der Waals surface area contributed by atoms with E-state index < -0.39 is 17.5 Å². The lowest BCUT2D eigenvalue weighted by Crippen LogP contribution is -2.57. The molecule has 9 nitrogen and oxygen atoms in total. The molecule has 172 valence electrons. The van der Waals surface area contributed by atoms with Gasteiger partial charge in [0.25, 0.3) is 5.91 Å². The second-order valence-corrected chi connectivity index (χ2v) is 8.47. The van der Waals surface area contributed by atoms with Crippen molar-refractivity contribution in [3.05, 3.63) is 73.3 Å². The van der Waals surface area contributed by atoms with Crippen molar-refractivity contribution < 1.29 is 19.5 Å². The minimum absolute atomic E-state index is 0.0999. The molecule has 1 spiro atoms. The van der Waals surface area contributed by atoms with Gasteiger partial charge in [-0.3, -0.25) is 19.4 Å². The molecule has 9 heteroatoms. The Hall–Kier alpha value is -4.11. The van der Waals surface area contributed by atoms with Crippen molar-refractivity contribution in [3.63, 3.8) is 0 Å². The molecule has 1 aromatic heterocycles. The summed E-state index contributed by atoms with van der Waals surface area (Å²) in [4.78, 5) is 51.2. The standard InChI is InChI=1S/C25H23N5O4/c31-22(32)16-28-12-10-25(11-13-28)23(33)29(24(34)30(25)21-14-26-17-27-15-21)20-8-6-19(7-9-20)18-4-2-1-3-5-18/h1-9,14-15,17H,10-13,16H2,(H,31,32). The van der Waals surface area contributed by atoms with Crippen LogP contribution in [0.4, 0.5) is 16.2 Å². The Morgan fingerprint density at radius 2 is 1.50 bits per heavy atom. The van der Waals surface area contributed by atoms with Crippen molar-refractivity contribution in [1.29, 1.82) is 0 Å². The molecule has 2 aromatic carbocycles. The van der Waals surface area contributed by atoms with Gasteiger partial charge in [-0.05, 0) is 36.1 Å². The first kappa shape index (κ1) is 21.7. The van der Waals surface area contributed by atoms with E-state index in [9.17, 15) is 14.4 Å². The monoisotopic (exact) mass is 457 g/mol. The molecule has 2 aliphatic rings. The molecule has 3 aromatic rings. The molecule has 0 saturated carbocycles. The van der Waals surface area contributed by atoms with Crippen molar-refractivity contribution in [1.82, 2.24) is 14.9 Å². The van der Waals surface area contributed by atoms with Crippen molar-refractivity contribution in [3.8, 4) is 11.1 Å². The van der Waals surface area contributed by atoms with Gasteiger partial charge in [-0.2, -0.15) is 0 Å². The highest BCUT2D eigenvalue weighted by Crippen LogP contribution is 2.42. The van der Waals surface area contributed by atoms with Crippen LogP contribution in [0.2, 0.25) is 0 Å². The number of carboxylic acids is 1. The molecule has 0 atom stereocenters. The van der Waals surface area contributed by atoms with Gasteiger partial charge >= 0.3 is 12.0 Å². The number of anilines is 2. The van der Waals surface area contributed by atoms with E-state index >= 15 is 0 Å². The van der Waals surface area contributed by atoms with E-state index in [0.29, 0.717) is 37.3 Å². The van der Waals surface area contributed by atoms with E-state index in [1.54, 1.807) is 17.0 Å². The third kappa shape index (κ3) is 3.69. The maximum Gasteiger partial charge on any atom is 0.336 e. The van der Waals surface area contributed by atoms with Gasteiger partial charge in [-0.25, -0.2) is 19.7 Å². The lowest BCUT2D eigenvalue weighted by atomic mass is 9.85. The van der Waals surface area contributed by atoms with Crippen LogP contribution < -0.4 is 9.80 Å². The predicted octanol–water partition coefficient (Wildman–Crippen LogP) is 3.04. The van der Waals surface area contributed by atoms with Crippen molar-refractivity contribution >= 4 is 29.3 Å². The molecular formula is C25H23N5O4. The molecule has 0 aliphatic carbocycles. The molecule has 5 rings (SSSR count). The lowest BCUT2D eigenvalue weighted by molar-refractivity contribution is -0.138. The third-order valence-electron chi connectivity index (χ3n) is 6.49. The quantitative estimate of drug-likeness (QED) is 0.587. The van der Waals surface area contributed by atoms with E-state index in [4.69, 9.17) is 5.11 Å². The summed E-state index contributed by atoms with van der Waals surface area (Å²) in [7, 11) is 0. The predicted molar refractivity (Wildman–Crippen MR) is 125 cm³/mol. The summed E-state index contributed by atoms with van der Waals surface area (Å²) in [6.45, 7) is 0.671. The van der Waals surface area contributed by atoms with Crippen LogP contribution in [-0.4, -0.2) is 63.1 Å². The minimum atomic E-state index is -1.12. The van der Waals surface area contributed by atoms with Crippen LogP contribution in [-0.2, 0) is 9.59 Å². The number of imide groups is 1. The summed E-state index contributed by atoms with van der Waals surface area (Å²) >= 11 is 0. The van der Waals surface area contributed by atoms with E-state index in [-0.39, 0.29) is 12.5 Å². The van der Waals surface area contributed by atoms with Crippen LogP contribution in [0.5, 0.6) is 0 Å². The van der Waals surface area contributed by atoms with E-state index in [0.717, 1.165) is 11.1 Å². The maximum absolute atomic E-state index is 13.8. The summed E-state index contributed by atoms with van der Waals surface area (Å²) in [6, 6.07) is 16.7. The average molecular weight is 457 g/mol. The zero-order chi connectivity index (χ0) is 23.7. The number of carbonyl (C=O) groups is 3. The van der Waals surface area contributed by atoms with Gasteiger partial charge in [0, 0.05) is 13.1 Å². The summed E-state index contributed by atoms with van der Waals surface area (Å²) in [5, 5.41) is 9.14. The number of carbonyl (C=O) groups excluding carboxylic acids is 2. The zero-order valence-electron chi connectivity index (χ0n) is 18.4. The number of likely N-dealkylation sites (tertiary alicyclic amines) is 1. The molecule has 2 fully saturated rings. The molecule has 2 saturated heterocycles. The first-order chi connectivity index (χ1) is 16.5. The molecular weight excluding hydrogens is 434 g/mol. The Morgan fingerprint density at radius 1 is 0.882 bits per heavy atom. The molecule has 3 heterocycles. The number of hydrogen-bond acceptors (Lipinski definition) is 6. The Morgan fingerprint density at radius 3 is 2.12 bits per heavy atom. The third-order valence-corrected chi connectivity index (χ3v) is 6.49. The second kappa shape index (κ2) is 8.68. The largest absolute Gasteiger partial charge is 0.480 e. The number of carboxylic acid groups (broad SMARTS) is 1. The fourth-order valence-electron chi connectivity index (χ4n) is 4.81. The Kier molecular flexibility index (Phi) is 5.54. The number of piperidine rings is 1. The summed E-state index contributed by atoms with van der Waals surface area (Å²) < 4.78 is 0. The first-order valence-electron chi connectivity index (χ1n) is 11.0. The molecule has 0 unspecified atom stereocenters. The normalized spacial score (nSPS) is 18.0. The van der Waals surface area contributed by atoms with Crippen LogP contribution in [0.3, 0.4) is 0 Å². The average Bonchev–Trinajstić information content (AvgIpc) is 3.07. The van der Waals surface area contributed by atoms with Crippen LogP contribution in [0.1, 0.15) is 12.8 Å². The number of aliphatic carboxylic acids is 1. The zero-order valence-corrected chi connectivity index (χ0v) is 18.4. The number of nitrogens with zero attached hydrogens (tertiary/aromatic N) is 5. The highest BCUT2D eigenvalue weighted by atomic mass is 16.4. The fourth-order valence-corrected chi connectivity index (χ4v) is 4.81. The van der Waals surface area contributed by atoms with Crippen LogP contribution in [0.25, 0.3) is 11.1 Å². The molecule has 3 amide bonds. The molecule has 1 N–H and O–H groups in total. The van der Waals surface area contributed by atoms with Gasteiger partial charge in [0.05, 0.1) is 30.3 Å². The second-order valence-electron chi connectivity index (χ2n) is 8.47. The summed E-state index contributed by atoms with van der Waals surface area (Å²) in [6.07, 6.45) is 5.04. The number of hydrogen-bond donors (Lipinski definition) is 1. The smallest absolute Gasteiger partial charge is 0.336 e. The van der Waals surface area contributed by atoms with Gasteiger partial charge in [0.2, 0.25) is 0 Å². The Balaban J connectivity index is 1.49. The van der Waals surface area contributed by atoms with Gasteiger partial charge in [-0.15, -0.1) is 0 Å². The van der Waals surface area contributed by atoms with E-state index in [1.165, 1.54) is 28.5 Å². The van der Waals surface area contributed by atoms with Gasteiger partial charge in [0.1, 0.15) is 11.9 Å². The van der Waals surface area contributed by atoms with Gasteiger partial charge in [-0.1, -0.05) is 42.5 Å². The van der Waals surface area contributed by atoms with Gasteiger partial charge in [0.15, 0.2) is 0 Å². The topological polar surface area (TPSA) is 107 Å². The highest BCUT2D eigenvalue weighted by molar-refractivity contribution is 6.30. The number of aromatic nitrogens is 2. The van der Waals surface area contributed by atoms with E-state index in [2.05, 4.69) is 9.97 Å². The van der Waals surface area contributed by atoms with Crippen LogP contribution in [0.15, 0.2) is 73.3 Å². The van der Waals surface area contributed by atoms with Crippen LogP contribution >= 0.6 is 0 Å². The van der Waals surface area contributed by atoms with E-state index in [1.807, 2.05) is 42.5 Å². The van der Waals surface area contributed by atoms with Crippen molar-refractivity contribution in [2.75, 3.05) is 29.4 Å². The first-order valence-corrected chi connectivity index (χ1v) is 11.0. The number of benzene rings is 2. The van der Waals surface area contributed by atoms with Crippen molar-refractivity contribution in [2.45, 2.75) is 18.4 Å². The van der Waals surface area contributed by atoms with Crippen molar-refractivity contribution in [2.24, 2.45) is 0 Å². The number of urea groups is 1. The molecule has 2 aliphatic heterocycles. The molecule has 0 bridgehead atoms. The summed E-state index contributed by atoms with van der Waals surface area (Å²) in [5.41, 5.74) is 1.83. The number of rotatable bonds is 5. The number of amides is 3. The summed E-state index contributed by atoms with van der Waals surface area (Å²) in [5.74, 6) is -1.23. The molecule has 0 radical (unpaired) electrons. The lowest BCUT2D eigenvalue weighted by Gasteiger charge is -2.41. The Labute approximate surface area is 196 Å².